The molecule has 20 heavy (non-hydrogen) atoms. The molecule has 110 valence electrons. The molecular formula is C16H23NO3. The summed E-state index contributed by atoms with van der Waals surface area (Å²) in [6, 6.07) is 7.60. The van der Waals surface area contributed by atoms with E-state index in [1.54, 1.807) is 0 Å². The highest BCUT2D eigenvalue weighted by atomic mass is 16.5. The van der Waals surface area contributed by atoms with Crippen molar-refractivity contribution >= 4 is 11.6 Å². The Bertz CT molecular complexity index is 410. The number of amides is 1. The van der Waals surface area contributed by atoms with Crippen molar-refractivity contribution in [3.8, 4) is 0 Å². The molecule has 4 nitrogen and oxygen atoms in total. The Morgan fingerprint density at radius 1 is 1.30 bits per heavy atom. The highest BCUT2D eigenvalue weighted by Crippen LogP contribution is 2.17. The van der Waals surface area contributed by atoms with Crippen LogP contribution in [0, 0.1) is 0 Å². The quantitative estimate of drug-likeness (QED) is 0.840. The van der Waals surface area contributed by atoms with Crippen LogP contribution >= 0.6 is 0 Å². The van der Waals surface area contributed by atoms with Crippen molar-refractivity contribution in [3.05, 3.63) is 29.8 Å². The lowest BCUT2D eigenvalue weighted by Gasteiger charge is -2.22. The van der Waals surface area contributed by atoms with Gasteiger partial charge in [0.25, 0.3) is 0 Å². The van der Waals surface area contributed by atoms with Gasteiger partial charge in [0.05, 0.1) is 6.10 Å². The molecule has 0 radical (unpaired) electrons. The van der Waals surface area contributed by atoms with Gasteiger partial charge in [-0.25, -0.2) is 0 Å². The van der Waals surface area contributed by atoms with Crippen molar-refractivity contribution < 1.29 is 14.6 Å². The van der Waals surface area contributed by atoms with Crippen molar-refractivity contribution in [1.82, 2.24) is 0 Å². The van der Waals surface area contributed by atoms with Crippen molar-refractivity contribution in [2.24, 2.45) is 0 Å². The minimum absolute atomic E-state index is 0.0362. The van der Waals surface area contributed by atoms with E-state index in [2.05, 4.69) is 5.32 Å². The summed E-state index contributed by atoms with van der Waals surface area (Å²) in [5, 5.41) is 11.7. The van der Waals surface area contributed by atoms with E-state index in [1.165, 1.54) is 6.42 Å². The van der Waals surface area contributed by atoms with Gasteiger partial charge in [0.15, 0.2) is 0 Å². The van der Waals surface area contributed by atoms with Crippen molar-refractivity contribution in [1.29, 1.82) is 0 Å². The first-order valence-corrected chi connectivity index (χ1v) is 7.39. The number of hydrogen-bond acceptors (Lipinski definition) is 3. The molecule has 1 aromatic carbocycles. The van der Waals surface area contributed by atoms with Gasteiger partial charge in [0, 0.05) is 25.3 Å². The highest BCUT2D eigenvalue weighted by molar-refractivity contribution is 5.90. The summed E-state index contributed by atoms with van der Waals surface area (Å²) in [7, 11) is 0. The molecule has 1 unspecified atom stereocenters. The molecule has 1 saturated heterocycles. The van der Waals surface area contributed by atoms with Gasteiger partial charge in [-0.1, -0.05) is 12.1 Å². The third kappa shape index (κ3) is 4.94. The Morgan fingerprint density at radius 2 is 2.10 bits per heavy atom. The summed E-state index contributed by atoms with van der Waals surface area (Å²) in [5.74, 6) is 0.0362. The fraction of sp³-hybridized carbons (Fsp3) is 0.562. The molecule has 0 aliphatic carbocycles. The molecule has 1 atom stereocenters. The molecule has 1 aliphatic rings. The molecule has 1 aliphatic heterocycles. The molecule has 1 amide bonds. The molecule has 2 N–H and O–H groups in total. The molecule has 2 rings (SSSR count). The Kier molecular flexibility index (Phi) is 6.02. The second-order valence-electron chi connectivity index (χ2n) is 5.25. The summed E-state index contributed by atoms with van der Waals surface area (Å²) in [5.41, 5.74) is 1.88. The monoisotopic (exact) mass is 277 g/mol. The first-order chi connectivity index (χ1) is 9.78. The van der Waals surface area contributed by atoms with E-state index in [0.29, 0.717) is 12.8 Å². The van der Waals surface area contributed by atoms with Crippen LogP contribution in [0.25, 0.3) is 0 Å². The number of hydrogen-bond donors (Lipinski definition) is 2. The predicted molar refractivity (Wildman–Crippen MR) is 78.7 cm³/mol. The minimum Gasteiger partial charge on any atom is -0.396 e. The van der Waals surface area contributed by atoms with E-state index in [1.807, 2.05) is 24.3 Å². The smallest absolute Gasteiger partial charge is 0.224 e. The SMILES string of the molecule is O=C(CCC1CCCCO1)Nc1ccc(CCO)cc1. The maximum absolute atomic E-state index is 11.9. The van der Waals surface area contributed by atoms with E-state index >= 15 is 0 Å². The number of anilines is 1. The van der Waals surface area contributed by atoms with Crippen molar-refractivity contribution in [2.75, 3.05) is 18.5 Å². The molecule has 1 fully saturated rings. The summed E-state index contributed by atoms with van der Waals surface area (Å²) in [6.45, 7) is 0.978. The fourth-order valence-corrected chi connectivity index (χ4v) is 2.43. The molecule has 0 saturated carbocycles. The van der Waals surface area contributed by atoms with Crippen LogP contribution in [0.5, 0.6) is 0 Å². The second-order valence-corrected chi connectivity index (χ2v) is 5.25. The Hall–Kier alpha value is -1.39. The van der Waals surface area contributed by atoms with Gasteiger partial charge in [0.1, 0.15) is 0 Å². The lowest BCUT2D eigenvalue weighted by molar-refractivity contribution is -0.117. The largest absolute Gasteiger partial charge is 0.396 e. The first kappa shape index (κ1) is 15.0. The van der Waals surface area contributed by atoms with Crippen molar-refractivity contribution in [2.45, 2.75) is 44.6 Å². The minimum atomic E-state index is 0.0362. The van der Waals surface area contributed by atoms with Crippen LogP contribution in [0.4, 0.5) is 5.69 Å². The normalized spacial score (nSPS) is 18.8. The first-order valence-electron chi connectivity index (χ1n) is 7.39. The molecule has 4 heteroatoms. The zero-order valence-corrected chi connectivity index (χ0v) is 11.8. The molecule has 0 bridgehead atoms. The van der Waals surface area contributed by atoms with E-state index in [9.17, 15) is 4.79 Å². The molecule has 0 spiro atoms. The number of carbonyl (C=O) groups is 1. The van der Waals surface area contributed by atoms with Crippen LogP contribution < -0.4 is 5.32 Å². The maximum Gasteiger partial charge on any atom is 0.224 e. The van der Waals surface area contributed by atoms with E-state index in [0.717, 1.165) is 37.1 Å². The molecular weight excluding hydrogens is 254 g/mol. The lowest BCUT2D eigenvalue weighted by Crippen LogP contribution is -2.21. The van der Waals surface area contributed by atoms with Crippen LogP contribution in [-0.4, -0.2) is 30.3 Å². The Morgan fingerprint density at radius 3 is 2.75 bits per heavy atom. The van der Waals surface area contributed by atoms with Crippen LogP contribution in [0.15, 0.2) is 24.3 Å². The zero-order chi connectivity index (χ0) is 14.2. The van der Waals surface area contributed by atoms with Gasteiger partial charge in [0.2, 0.25) is 5.91 Å². The number of benzene rings is 1. The van der Waals surface area contributed by atoms with Gasteiger partial charge >= 0.3 is 0 Å². The second kappa shape index (κ2) is 8.02. The molecule has 1 aromatic rings. The lowest BCUT2D eigenvalue weighted by atomic mass is 10.0. The topological polar surface area (TPSA) is 58.6 Å². The van der Waals surface area contributed by atoms with Gasteiger partial charge in [-0.3, -0.25) is 4.79 Å². The number of rotatable bonds is 6. The van der Waals surface area contributed by atoms with E-state index in [4.69, 9.17) is 9.84 Å². The van der Waals surface area contributed by atoms with Gasteiger partial charge < -0.3 is 15.2 Å². The summed E-state index contributed by atoms with van der Waals surface area (Å²) < 4.78 is 5.62. The molecule has 1 heterocycles. The standard InChI is InChI=1S/C16H23NO3/c18-11-10-13-4-6-14(7-5-13)17-16(19)9-8-15-3-1-2-12-20-15/h4-7,15,18H,1-3,8-12H2,(H,17,19). The van der Waals surface area contributed by atoms with Crippen molar-refractivity contribution in [3.63, 3.8) is 0 Å². The number of carbonyl (C=O) groups excluding carboxylic acids is 1. The van der Waals surface area contributed by atoms with Crippen LogP contribution in [-0.2, 0) is 16.0 Å². The Labute approximate surface area is 120 Å². The van der Waals surface area contributed by atoms with E-state index in [-0.39, 0.29) is 18.6 Å². The number of ether oxygens (including phenoxy) is 1. The summed E-state index contributed by atoms with van der Waals surface area (Å²) in [4.78, 5) is 11.9. The zero-order valence-electron chi connectivity index (χ0n) is 11.8. The van der Waals surface area contributed by atoms with Crippen LogP contribution in [0.3, 0.4) is 0 Å². The van der Waals surface area contributed by atoms with Gasteiger partial charge in [-0.05, 0) is 49.8 Å². The van der Waals surface area contributed by atoms with Gasteiger partial charge in [-0.2, -0.15) is 0 Å². The van der Waals surface area contributed by atoms with E-state index < -0.39 is 0 Å². The summed E-state index contributed by atoms with van der Waals surface area (Å²) in [6.07, 6.45) is 5.62. The third-order valence-electron chi connectivity index (χ3n) is 3.61. The third-order valence-corrected chi connectivity index (χ3v) is 3.61. The Balaban J connectivity index is 1.73. The van der Waals surface area contributed by atoms with Crippen LogP contribution in [0.2, 0.25) is 0 Å². The van der Waals surface area contributed by atoms with Crippen LogP contribution in [0.1, 0.15) is 37.7 Å². The average Bonchev–Trinajstić information content (AvgIpc) is 2.49. The maximum atomic E-state index is 11.9. The number of aliphatic hydroxyl groups excluding tert-OH is 1. The van der Waals surface area contributed by atoms with Gasteiger partial charge in [-0.15, -0.1) is 0 Å². The molecule has 0 aromatic heterocycles. The number of nitrogens with one attached hydrogen (secondary N) is 1. The average molecular weight is 277 g/mol. The fourth-order valence-electron chi connectivity index (χ4n) is 2.43. The highest BCUT2D eigenvalue weighted by Gasteiger charge is 2.15. The number of aliphatic hydroxyl groups is 1. The predicted octanol–water partition coefficient (Wildman–Crippen LogP) is 2.51. The summed E-state index contributed by atoms with van der Waals surface area (Å²) >= 11 is 0.